The van der Waals surface area contributed by atoms with Crippen molar-refractivity contribution in [1.82, 2.24) is 0 Å². The van der Waals surface area contributed by atoms with E-state index in [-0.39, 0.29) is 18.1 Å². The van der Waals surface area contributed by atoms with Crippen molar-refractivity contribution in [3.63, 3.8) is 0 Å². The van der Waals surface area contributed by atoms with Gasteiger partial charge in [0, 0.05) is 5.56 Å². The lowest BCUT2D eigenvalue weighted by molar-refractivity contribution is -0.118. The van der Waals surface area contributed by atoms with E-state index in [0.29, 0.717) is 11.3 Å². The summed E-state index contributed by atoms with van der Waals surface area (Å²) in [6.45, 7) is 2.94. The van der Waals surface area contributed by atoms with Gasteiger partial charge in [0.1, 0.15) is 11.6 Å². The van der Waals surface area contributed by atoms with E-state index in [1.165, 1.54) is 19.1 Å². The molecule has 4 nitrogen and oxygen atoms in total. The van der Waals surface area contributed by atoms with Gasteiger partial charge in [-0.1, -0.05) is 18.2 Å². The number of Topliss-reactive ketones (excluding diaryl/α,β-unsaturated/α-hetero) is 1. The number of benzene rings is 2. The highest BCUT2D eigenvalue weighted by molar-refractivity contribution is 5.94. The molecule has 2 aromatic carbocycles. The first-order chi connectivity index (χ1) is 10.5. The van der Waals surface area contributed by atoms with Crippen LogP contribution in [0.4, 0.5) is 10.1 Å². The number of rotatable bonds is 5. The number of aryl methyl sites for hydroxylation is 1. The fourth-order valence-electron chi connectivity index (χ4n) is 1.86. The summed E-state index contributed by atoms with van der Waals surface area (Å²) >= 11 is 0. The Kier molecular flexibility index (Phi) is 4.88. The lowest BCUT2D eigenvalue weighted by Crippen LogP contribution is -2.20. The van der Waals surface area contributed by atoms with Gasteiger partial charge < -0.3 is 10.1 Å². The van der Waals surface area contributed by atoms with Gasteiger partial charge in [-0.3, -0.25) is 9.59 Å². The van der Waals surface area contributed by atoms with E-state index in [2.05, 4.69) is 5.32 Å². The molecular weight excluding hydrogens is 285 g/mol. The van der Waals surface area contributed by atoms with Gasteiger partial charge in [0.2, 0.25) is 0 Å². The number of ketones is 1. The summed E-state index contributed by atoms with van der Waals surface area (Å²) in [4.78, 5) is 23.0. The molecule has 5 heteroatoms. The number of hydrogen-bond acceptors (Lipinski definition) is 3. The molecule has 0 saturated heterocycles. The molecule has 0 saturated carbocycles. The largest absolute Gasteiger partial charge is 0.484 e. The second kappa shape index (κ2) is 6.85. The minimum absolute atomic E-state index is 0.0865. The molecule has 0 fully saturated rings. The highest BCUT2D eigenvalue weighted by Crippen LogP contribution is 2.16. The van der Waals surface area contributed by atoms with E-state index >= 15 is 0 Å². The van der Waals surface area contributed by atoms with Crippen LogP contribution in [0.15, 0.2) is 42.5 Å². The van der Waals surface area contributed by atoms with Crippen LogP contribution >= 0.6 is 0 Å². The van der Waals surface area contributed by atoms with Gasteiger partial charge in [-0.2, -0.15) is 0 Å². The zero-order valence-electron chi connectivity index (χ0n) is 12.4. The van der Waals surface area contributed by atoms with Crippen molar-refractivity contribution >= 4 is 17.4 Å². The molecule has 22 heavy (non-hydrogen) atoms. The van der Waals surface area contributed by atoms with E-state index in [1.54, 1.807) is 37.3 Å². The first kappa shape index (κ1) is 15.7. The molecule has 0 unspecified atom stereocenters. The summed E-state index contributed by atoms with van der Waals surface area (Å²) in [5.74, 6) is -0.647. The van der Waals surface area contributed by atoms with Crippen LogP contribution in [0.5, 0.6) is 5.75 Å². The molecule has 0 spiro atoms. The number of ether oxygens (including phenoxy) is 1. The fraction of sp³-hybridized carbons (Fsp3) is 0.176. The fourth-order valence-corrected chi connectivity index (χ4v) is 1.86. The highest BCUT2D eigenvalue weighted by atomic mass is 19.1. The number of halogens is 1. The Morgan fingerprint density at radius 2 is 1.95 bits per heavy atom. The van der Waals surface area contributed by atoms with Crippen LogP contribution in [-0.2, 0) is 4.79 Å². The molecule has 0 aromatic heterocycles. The number of carbonyl (C=O) groups excluding carboxylic acids is 2. The second-order valence-electron chi connectivity index (χ2n) is 4.90. The van der Waals surface area contributed by atoms with Gasteiger partial charge in [0.05, 0.1) is 5.69 Å². The molecule has 0 aliphatic rings. The lowest BCUT2D eigenvalue weighted by atomic mass is 10.1. The molecule has 114 valence electrons. The second-order valence-corrected chi connectivity index (χ2v) is 4.90. The molecule has 2 rings (SSSR count). The minimum Gasteiger partial charge on any atom is -0.484 e. The van der Waals surface area contributed by atoms with Crippen LogP contribution in [0.25, 0.3) is 0 Å². The van der Waals surface area contributed by atoms with E-state index in [4.69, 9.17) is 4.74 Å². The summed E-state index contributed by atoms with van der Waals surface area (Å²) in [6, 6.07) is 11.1. The molecule has 0 aliphatic carbocycles. The maximum atomic E-state index is 13.6. The summed E-state index contributed by atoms with van der Waals surface area (Å²) in [5, 5.41) is 2.44. The van der Waals surface area contributed by atoms with Gasteiger partial charge in [-0.15, -0.1) is 0 Å². The minimum atomic E-state index is -0.494. The number of carbonyl (C=O) groups is 2. The third-order valence-corrected chi connectivity index (χ3v) is 3.01. The molecule has 0 heterocycles. The Balaban J connectivity index is 1.95. The van der Waals surface area contributed by atoms with Gasteiger partial charge in [-0.05, 0) is 43.7 Å². The van der Waals surface area contributed by atoms with Crippen LogP contribution in [-0.4, -0.2) is 18.3 Å². The quantitative estimate of drug-likeness (QED) is 0.862. The molecule has 0 atom stereocenters. The van der Waals surface area contributed by atoms with Crippen molar-refractivity contribution in [2.45, 2.75) is 13.8 Å². The molecule has 0 radical (unpaired) electrons. The first-order valence-corrected chi connectivity index (χ1v) is 6.75. The van der Waals surface area contributed by atoms with Crippen LogP contribution < -0.4 is 10.1 Å². The van der Waals surface area contributed by atoms with Crippen molar-refractivity contribution in [1.29, 1.82) is 0 Å². The SMILES string of the molecule is CC(=O)c1cccc(OCC(=O)Nc2ccc(C)cc2F)c1. The summed E-state index contributed by atoms with van der Waals surface area (Å²) in [7, 11) is 0. The Morgan fingerprint density at radius 3 is 2.64 bits per heavy atom. The third kappa shape index (κ3) is 4.15. The van der Waals surface area contributed by atoms with E-state index in [0.717, 1.165) is 5.56 Å². The van der Waals surface area contributed by atoms with E-state index in [9.17, 15) is 14.0 Å². The zero-order chi connectivity index (χ0) is 16.1. The number of anilines is 1. The smallest absolute Gasteiger partial charge is 0.262 e. The maximum Gasteiger partial charge on any atom is 0.262 e. The molecule has 1 amide bonds. The molecule has 1 N–H and O–H groups in total. The van der Waals surface area contributed by atoms with Crippen LogP contribution in [0.3, 0.4) is 0 Å². The Hall–Kier alpha value is -2.69. The summed E-state index contributed by atoms with van der Waals surface area (Å²) < 4.78 is 18.9. The molecule has 0 aliphatic heterocycles. The van der Waals surface area contributed by atoms with E-state index < -0.39 is 11.7 Å². The number of hydrogen-bond donors (Lipinski definition) is 1. The topological polar surface area (TPSA) is 55.4 Å². The molecule has 0 bridgehead atoms. The lowest BCUT2D eigenvalue weighted by Gasteiger charge is -2.09. The number of amides is 1. The van der Waals surface area contributed by atoms with Gasteiger partial charge >= 0.3 is 0 Å². The average Bonchev–Trinajstić information content (AvgIpc) is 2.48. The van der Waals surface area contributed by atoms with Crippen LogP contribution in [0.1, 0.15) is 22.8 Å². The first-order valence-electron chi connectivity index (χ1n) is 6.75. The van der Waals surface area contributed by atoms with Crippen molar-refractivity contribution in [2.75, 3.05) is 11.9 Å². The highest BCUT2D eigenvalue weighted by Gasteiger charge is 2.08. The van der Waals surface area contributed by atoms with Crippen molar-refractivity contribution in [3.05, 3.63) is 59.4 Å². The standard InChI is InChI=1S/C17H16FNO3/c1-11-6-7-16(15(18)8-11)19-17(21)10-22-14-5-3-4-13(9-14)12(2)20/h3-9H,10H2,1-2H3,(H,19,21). The van der Waals surface area contributed by atoms with Crippen LogP contribution in [0, 0.1) is 12.7 Å². The normalized spacial score (nSPS) is 10.1. The Labute approximate surface area is 127 Å². The van der Waals surface area contributed by atoms with Crippen LogP contribution in [0.2, 0.25) is 0 Å². The van der Waals surface area contributed by atoms with Gasteiger partial charge in [-0.25, -0.2) is 4.39 Å². The molecular formula is C17H16FNO3. The van der Waals surface area contributed by atoms with Crippen molar-refractivity contribution < 1.29 is 18.7 Å². The predicted octanol–water partition coefficient (Wildman–Crippen LogP) is 3.35. The Morgan fingerprint density at radius 1 is 1.18 bits per heavy atom. The zero-order valence-corrected chi connectivity index (χ0v) is 12.4. The maximum absolute atomic E-state index is 13.6. The monoisotopic (exact) mass is 301 g/mol. The third-order valence-electron chi connectivity index (χ3n) is 3.01. The summed E-state index contributed by atoms with van der Waals surface area (Å²) in [5.41, 5.74) is 1.38. The molecule has 2 aromatic rings. The van der Waals surface area contributed by atoms with E-state index in [1.807, 2.05) is 0 Å². The average molecular weight is 301 g/mol. The van der Waals surface area contributed by atoms with Crippen molar-refractivity contribution in [2.24, 2.45) is 0 Å². The predicted molar refractivity (Wildman–Crippen MR) is 81.7 cm³/mol. The summed E-state index contributed by atoms with van der Waals surface area (Å²) in [6.07, 6.45) is 0. The van der Waals surface area contributed by atoms with Gasteiger partial charge in [0.15, 0.2) is 12.4 Å². The van der Waals surface area contributed by atoms with Crippen molar-refractivity contribution in [3.8, 4) is 5.75 Å². The van der Waals surface area contributed by atoms with Gasteiger partial charge in [0.25, 0.3) is 5.91 Å². The Bertz CT molecular complexity index is 713. The number of nitrogens with one attached hydrogen (secondary N) is 1.